The van der Waals surface area contributed by atoms with E-state index in [4.69, 9.17) is 39.5 Å². The third-order valence-corrected chi connectivity index (χ3v) is 6.84. The Bertz CT molecular complexity index is 1190. The van der Waals surface area contributed by atoms with E-state index in [1.54, 1.807) is 30.3 Å². The smallest absolute Gasteiger partial charge is 0.271 e. The van der Waals surface area contributed by atoms with Crippen LogP contribution < -0.4 is 15.1 Å². The van der Waals surface area contributed by atoms with Gasteiger partial charge in [0, 0.05) is 39.9 Å². The van der Waals surface area contributed by atoms with Crippen molar-refractivity contribution >= 4 is 68.5 Å². The van der Waals surface area contributed by atoms with Crippen LogP contribution >= 0.6 is 50.7 Å². The molecule has 1 heterocycles. The molecule has 9 heteroatoms. The first-order valence-corrected chi connectivity index (χ1v) is 12.6. The maximum atomic E-state index is 12.4. The molecule has 0 aromatic heterocycles. The van der Waals surface area contributed by atoms with Crippen LogP contribution in [0.1, 0.15) is 34.3 Å². The zero-order chi connectivity index (χ0) is 24.1. The normalized spacial score (nSPS) is 13.5. The van der Waals surface area contributed by atoms with Crippen molar-refractivity contribution in [2.24, 2.45) is 5.10 Å². The molecule has 1 aliphatic rings. The Morgan fingerprint density at radius 2 is 1.76 bits per heavy atom. The molecule has 4 rings (SSSR count). The Morgan fingerprint density at radius 1 is 1.03 bits per heavy atom. The number of hydrazone groups is 1. The van der Waals surface area contributed by atoms with E-state index in [-0.39, 0.29) is 12.5 Å². The van der Waals surface area contributed by atoms with Crippen molar-refractivity contribution in [3.05, 3.63) is 90.8 Å². The minimum absolute atomic E-state index is 0.231. The zero-order valence-electron chi connectivity index (χ0n) is 18.0. The quantitative estimate of drug-likeness (QED) is 0.234. The van der Waals surface area contributed by atoms with Crippen LogP contribution in [-0.4, -0.2) is 25.2 Å². The Labute approximate surface area is 221 Å². The van der Waals surface area contributed by atoms with Gasteiger partial charge in [0.15, 0.2) is 5.75 Å². The number of amides is 1. The number of benzene rings is 3. The fourth-order valence-electron chi connectivity index (χ4n) is 3.61. The standard InChI is InChI=1S/C25H21BrCl3N3O2/c26-21-11-16(12-23(29)24(21)34-15-18-3-6-19(27)13-22(18)28)14-30-31-25(33)17-4-7-20(8-5-17)32-9-1-2-10-32/h3-8,11-14H,1-2,9-10,15H2,(H,31,33)/b30-14-. The second-order valence-corrected chi connectivity index (χ2v) is 9.88. The van der Waals surface area contributed by atoms with Gasteiger partial charge in [-0.2, -0.15) is 5.10 Å². The van der Waals surface area contributed by atoms with Crippen LogP contribution in [0.25, 0.3) is 0 Å². The van der Waals surface area contributed by atoms with E-state index in [1.807, 2.05) is 24.3 Å². The molecule has 1 N–H and O–H groups in total. The second-order valence-electron chi connectivity index (χ2n) is 7.78. The summed E-state index contributed by atoms with van der Waals surface area (Å²) in [4.78, 5) is 14.7. The number of hydrogen-bond acceptors (Lipinski definition) is 4. The number of anilines is 1. The first-order valence-electron chi connectivity index (χ1n) is 10.6. The summed E-state index contributed by atoms with van der Waals surface area (Å²) in [6.07, 6.45) is 3.94. The van der Waals surface area contributed by atoms with Crippen molar-refractivity contribution in [3.8, 4) is 5.75 Å². The van der Waals surface area contributed by atoms with E-state index in [1.165, 1.54) is 19.1 Å². The molecule has 0 spiro atoms. The molecular formula is C25H21BrCl3N3O2. The highest BCUT2D eigenvalue weighted by Crippen LogP contribution is 2.35. The lowest BCUT2D eigenvalue weighted by Gasteiger charge is -2.17. The molecule has 5 nitrogen and oxygen atoms in total. The molecule has 1 aliphatic heterocycles. The predicted molar refractivity (Wildman–Crippen MR) is 143 cm³/mol. The van der Waals surface area contributed by atoms with Crippen molar-refractivity contribution in [3.63, 3.8) is 0 Å². The highest BCUT2D eigenvalue weighted by atomic mass is 79.9. The number of carbonyl (C=O) groups excluding carboxylic acids is 1. The Kier molecular flexibility index (Phi) is 8.37. The number of hydrogen-bond donors (Lipinski definition) is 1. The summed E-state index contributed by atoms with van der Waals surface area (Å²) in [5.74, 6) is 0.196. The summed E-state index contributed by atoms with van der Waals surface area (Å²) in [7, 11) is 0. The SMILES string of the molecule is O=C(N/N=C\c1cc(Cl)c(OCc2ccc(Cl)cc2Cl)c(Br)c1)c1ccc(N2CCCC2)cc1. The van der Waals surface area contributed by atoms with Crippen LogP contribution in [0.3, 0.4) is 0 Å². The molecule has 0 saturated carbocycles. The average Bonchev–Trinajstić information content (AvgIpc) is 3.35. The zero-order valence-corrected chi connectivity index (χ0v) is 21.9. The summed E-state index contributed by atoms with van der Waals surface area (Å²) in [6.45, 7) is 2.35. The van der Waals surface area contributed by atoms with E-state index in [0.29, 0.717) is 36.4 Å². The third-order valence-electron chi connectivity index (χ3n) is 5.39. The molecule has 0 atom stereocenters. The van der Waals surface area contributed by atoms with Crippen molar-refractivity contribution in [1.29, 1.82) is 0 Å². The van der Waals surface area contributed by atoms with Crippen LogP contribution in [0.2, 0.25) is 15.1 Å². The van der Waals surface area contributed by atoms with Crippen molar-refractivity contribution in [1.82, 2.24) is 5.43 Å². The molecule has 0 unspecified atom stereocenters. The first-order chi connectivity index (χ1) is 16.4. The second kappa shape index (κ2) is 11.5. The van der Waals surface area contributed by atoms with E-state index >= 15 is 0 Å². The van der Waals surface area contributed by atoms with Crippen LogP contribution in [-0.2, 0) is 6.61 Å². The highest BCUT2D eigenvalue weighted by molar-refractivity contribution is 9.10. The average molecular weight is 582 g/mol. The predicted octanol–water partition coefficient (Wildman–Crippen LogP) is 7.35. The van der Waals surface area contributed by atoms with E-state index in [2.05, 4.69) is 31.4 Å². The Balaban J connectivity index is 1.36. The largest absolute Gasteiger partial charge is 0.486 e. The van der Waals surface area contributed by atoms with Gasteiger partial charge < -0.3 is 9.64 Å². The molecule has 176 valence electrons. The molecule has 1 fully saturated rings. The van der Waals surface area contributed by atoms with Gasteiger partial charge in [-0.1, -0.05) is 40.9 Å². The minimum atomic E-state index is -0.283. The summed E-state index contributed by atoms with van der Waals surface area (Å²) < 4.78 is 6.50. The van der Waals surface area contributed by atoms with E-state index < -0.39 is 0 Å². The number of nitrogens with one attached hydrogen (secondary N) is 1. The molecule has 0 radical (unpaired) electrons. The lowest BCUT2D eigenvalue weighted by molar-refractivity contribution is 0.0955. The Morgan fingerprint density at radius 3 is 2.44 bits per heavy atom. The molecule has 0 bridgehead atoms. The lowest BCUT2D eigenvalue weighted by Crippen LogP contribution is -2.19. The van der Waals surface area contributed by atoms with Gasteiger partial charge >= 0.3 is 0 Å². The van der Waals surface area contributed by atoms with Gasteiger partial charge in [-0.05, 0) is 82.9 Å². The monoisotopic (exact) mass is 579 g/mol. The van der Waals surface area contributed by atoms with Crippen LogP contribution in [0, 0.1) is 0 Å². The third kappa shape index (κ3) is 6.25. The summed E-state index contributed by atoms with van der Waals surface area (Å²) >= 11 is 22.0. The van der Waals surface area contributed by atoms with Crippen molar-refractivity contribution in [2.75, 3.05) is 18.0 Å². The number of carbonyl (C=O) groups is 1. The first kappa shape index (κ1) is 24.9. The number of nitrogens with zero attached hydrogens (tertiary/aromatic N) is 2. The lowest BCUT2D eigenvalue weighted by atomic mass is 10.2. The topological polar surface area (TPSA) is 53.9 Å². The van der Waals surface area contributed by atoms with Gasteiger partial charge in [-0.15, -0.1) is 0 Å². The van der Waals surface area contributed by atoms with E-state index in [9.17, 15) is 4.79 Å². The van der Waals surface area contributed by atoms with Crippen molar-refractivity contribution < 1.29 is 9.53 Å². The van der Waals surface area contributed by atoms with Gasteiger partial charge in [-0.3, -0.25) is 4.79 Å². The Hall–Kier alpha value is -2.25. The van der Waals surface area contributed by atoms with Gasteiger partial charge in [-0.25, -0.2) is 5.43 Å². The number of ether oxygens (including phenoxy) is 1. The highest BCUT2D eigenvalue weighted by Gasteiger charge is 2.13. The van der Waals surface area contributed by atoms with Crippen LogP contribution in [0.5, 0.6) is 5.75 Å². The van der Waals surface area contributed by atoms with Crippen LogP contribution in [0.15, 0.2) is 64.2 Å². The minimum Gasteiger partial charge on any atom is -0.486 e. The van der Waals surface area contributed by atoms with E-state index in [0.717, 1.165) is 24.3 Å². The fraction of sp³-hybridized carbons (Fsp3) is 0.200. The van der Waals surface area contributed by atoms with Crippen LogP contribution in [0.4, 0.5) is 5.69 Å². The molecular weight excluding hydrogens is 561 g/mol. The molecule has 3 aromatic carbocycles. The van der Waals surface area contributed by atoms with Gasteiger partial charge in [0.05, 0.1) is 15.7 Å². The number of rotatable bonds is 7. The number of halogens is 4. The summed E-state index contributed by atoms with van der Waals surface area (Å²) in [5.41, 5.74) is 5.71. The van der Waals surface area contributed by atoms with Gasteiger partial charge in [0.1, 0.15) is 6.61 Å². The molecule has 3 aromatic rings. The summed E-state index contributed by atoms with van der Waals surface area (Å²) in [5, 5.41) is 5.53. The molecule has 0 aliphatic carbocycles. The molecule has 1 amide bonds. The maximum absolute atomic E-state index is 12.4. The molecule has 1 saturated heterocycles. The van der Waals surface area contributed by atoms with Crippen molar-refractivity contribution in [2.45, 2.75) is 19.4 Å². The maximum Gasteiger partial charge on any atom is 0.271 e. The fourth-order valence-corrected chi connectivity index (χ4v) is 5.06. The summed E-state index contributed by atoms with van der Waals surface area (Å²) in [6, 6.07) is 16.3. The van der Waals surface area contributed by atoms with Gasteiger partial charge in [0.2, 0.25) is 0 Å². The van der Waals surface area contributed by atoms with Gasteiger partial charge in [0.25, 0.3) is 5.91 Å². The molecule has 34 heavy (non-hydrogen) atoms.